The van der Waals surface area contributed by atoms with Crippen molar-refractivity contribution in [1.82, 2.24) is 9.88 Å². The van der Waals surface area contributed by atoms with Crippen molar-refractivity contribution in [3.8, 4) is 5.75 Å². The van der Waals surface area contributed by atoms with Gasteiger partial charge in [-0.15, -0.1) is 0 Å². The van der Waals surface area contributed by atoms with E-state index in [4.69, 9.17) is 4.74 Å². The fourth-order valence-electron chi connectivity index (χ4n) is 3.58. The highest BCUT2D eigenvalue weighted by atomic mass is 32.1. The molecule has 0 unspecified atom stereocenters. The van der Waals surface area contributed by atoms with Crippen molar-refractivity contribution in [1.29, 1.82) is 0 Å². The Morgan fingerprint density at radius 1 is 1.28 bits per heavy atom. The van der Waals surface area contributed by atoms with Crippen LogP contribution in [0.5, 0.6) is 5.75 Å². The Bertz CT molecular complexity index is 755. The van der Waals surface area contributed by atoms with Crippen LogP contribution in [0.2, 0.25) is 0 Å². The van der Waals surface area contributed by atoms with Gasteiger partial charge >= 0.3 is 0 Å². The number of pyridine rings is 1. The molecule has 0 radical (unpaired) electrons. The fourth-order valence-corrected chi connectivity index (χ4v) is 4.40. The fraction of sp³-hybridized carbons (Fsp3) is 0.474. The first kappa shape index (κ1) is 16.4. The summed E-state index contributed by atoms with van der Waals surface area (Å²) in [7, 11) is 0. The molecule has 2 aliphatic rings. The number of carbonyl (C=O) groups excluding carboxylic acids is 1. The molecule has 0 spiro atoms. The van der Waals surface area contributed by atoms with Gasteiger partial charge in [-0.2, -0.15) is 11.3 Å². The molecule has 1 atom stereocenters. The number of aromatic nitrogens is 1. The zero-order valence-corrected chi connectivity index (χ0v) is 15.3. The SMILES string of the molecule is Cc1cscc1C(=O)N1CC[C@H](Oc2cccnc2N2CCCC2)C1. The van der Waals surface area contributed by atoms with Crippen LogP contribution in [-0.2, 0) is 0 Å². The number of rotatable bonds is 4. The standard InChI is InChI=1S/C19H23N3O2S/c1-14-12-25-13-16(14)19(23)22-10-6-15(11-22)24-17-5-4-7-20-18(17)21-8-2-3-9-21/h4-5,7,12-13,15H,2-3,6,8-11H2,1H3/t15-/m0/s1. The van der Waals surface area contributed by atoms with Gasteiger partial charge in [0.25, 0.3) is 5.91 Å². The number of hydrogen-bond donors (Lipinski definition) is 0. The minimum Gasteiger partial charge on any atom is -0.485 e. The van der Waals surface area contributed by atoms with Crippen LogP contribution in [0.1, 0.15) is 35.2 Å². The number of ether oxygens (including phenoxy) is 1. The summed E-state index contributed by atoms with van der Waals surface area (Å²) in [6, 6.07) is 3.91. The van der Waals surface area contributed by atoms with Crippen molar-refractivity contribution in [2.24, 2.45) is 0 Å². The molecule has 2 fully saturated rings. The number of thiophene rings is 1. The van der Waals surface area contributed by atoms with Crippen LogP contribution in [0.15, 0.2) is 29.1 Å². The lowest BCUT2D eigenvalue weighted by Crippen LogP contribution is -2.31. The third-order valence-corrected chi connectivity index (χ3v) is 5.83. The van der Waals surface area contributed by atoms with E-state index < -0.39 is 0 Å². The van der Waals surface area contributed by atoms with Crippen LogP contribution >= 0.6 is 11.3 Å². The minimum atomic E-state index is 0.0356. The zero-order chi connectivity index (χ0) is 17.2. The van der Waals surface area contributed by atoms with E-state index in [2.05, 4.69) is 9.88 Å². The summed E-state index contributed by atoms with van der Waals surface area (Å²) in [6.45, 7) is 5.46. The second-order valence-electron chi connectivity index (χ2n) is 6.77. The summed E-state index contributed by atoms with van der Waals surface area (Å²) in [5.74, 6) is 1.91. The quantitative estimate of drug-likeness (QED) is 0.842. The van der Waals surface area contributed by atoms with E-state index in [9.17, 15) is 4.79 Å². The number of aryl methyl sites for hydroxylation is 1. The van der Waals surface area contributed by atoms with Gasteiger partial charge in [-0.1, -0.05) is 0 Å². The van der Waals surface area contributed by atoms with Crippen LogP contribution in [0, 0.1) is 6.92 Å². The van der Waals surface area contributed by atoms with E-state index in [1.807, 2.05) is 40.9 Å². The van der Waals surface area contributed by atoms with Crippen molar-refractivity contribution in [3.05, 3.63) is 40.2 Å². The molecule has 4 rings (SSSR count). The normalized spacial score (nSPS) is 20.3. The van der Waals surface area contributed by atoms with Crippen molar-refractivity contribution < 1.29 is 9.53 Å². The molecule has 2 aromatic rings. The molecular weight excluding hydrogens is 334 g/mol. The van der Waals surface area contributed by atoms with E-state index in [1.54, 1.807) is 11.3 Å². The smallest absolute Gasteiger partial charge is 0.255 e. The number of hydrogen-bond acceptors (Lipinski definition) is 5. The molecule has 2 saturated heterocycles. The van der Waals surface area contributed by atoms with Crippen LogP contribution in [0.4, 0.5) is 5.82 Å². The predicted octanol–water partition coefficient (Wildman–Crippen LogP) is 3.35. The first-order valence-corrected chi connectivity index (χ1v) is 9.85. The van der Waals surface area contributed by atoms with Crippen molar-refractivity contribution in [2.75, 3.05) is 31.1 Å². The second kappa shape index (κ2) is 7.04. The van der Waals surface area contributed by atoms with Gasteiger partial charge < -0.3 is 14.5 Å². The largest absolute Gasteiger partial charge is 0.485 e. The molecule has 0 aromatic carbocycles. The Kier molecular flexibility index (Phi) is 4.61. The predicted molar refractivity (Wildman–Crippen MR) is 99.7 cm³/mol. The molecule has 5 nitrogen and oxygen atoms in total. The lowest BCUT2D eigenvalue weighted by atomic mass is 10.2. The zero-order valence-electron chi connectivity index (χ0n) is 14.5. The van der Waals surface area contributed by atoms with Gasteiger partial charge in [0, 0.05) is 37.6 Å². The molecule has 1 amide bonds. The third kappa shape index (κ3) is 3.35. The van der Waals surface area contributed by atoms with Crippen molar-refractivity contribution in [2.45, 2.75) is 32.3 Å². The Morgan fingerprint density at radius 2 is 2.12 bits per heavy atom. The van der Waals surface area contributed by atoms with Gasteiger partial charge in [0.05, 0.1) is 12.1 Å². The molecule has 0 aliphatic carbocycles. The molecule has 25 heavy (non-hydrogen) atoms. The molecule has 4 heterocycles. The first-order chi connectivity index (χ1) is 12.2. The average molecular weight is 357 g/mol. The second-order valence-corrected chi connectivity index (χ2v) is 7.51. The van der Waals surface area contributed by atoms with E-state index >= 15 is 0 Å². The molecule has 6 heteroatoms. The summed E-state index contributed by atoms with van der Waals surface area (Å²) in [4.78, 5) is 21.4. The molecule has 0 N–H and O–H groups in total. The maximum absolute atomic E-state index is 12.7. The van der Waals surface area contributed by atoms with Gasteiger partial charge in [0.1, 0.15) is 6.10 Å². The van der Waals surface area contributed by atoms with Crippen LogP contribution in [0.3, 0.4) is 0 Å². The summed E-state index contributed by atoms with van der Waals surface area (Å²) < 4.78 is 6.25. The van der Waals surface area contributed by atoms with Gasteiger partial charge in [-0.05, 0) is 42.8 Å². The Morgan fingerprint density at radius 3 is 2.88 bits per heavy atom. The summed E-state index contributed by atoms with van der Waals surface area (Å²) in [5, 5.41) is 3.97. The average Bonchev–Trinajstić information content (AvgIpc) is 3.36. The van der Waals surface area contributed by atoms with E-state index in [1.165, 1.54) is 12.8 Å². The highest BCUT2D eigenvalue weighted by Crippen LogP contribution is 2.30. The van der Waals surface area contributed by atoms with E-state index in [0.717, 1.165) is 48.7 Å². The molecule has 2 aliphatic heterocycles. The highest BCUT2D eigenvalue weighted by molar-refractivity contribution is 7.08. The third-order valence-electron chi connectivity index (χ3n) is 4.97. The molecule has 0 saturated carbocycles. The maximum atomic E-state index is 12.7. The highest BCUT2D eigenvalue weighted by Gasteiger charge is 2.30. The minimum absolute atomic E-state index is 0.0356. The molecule has 132 valence electrons. The number of carbonyl (C=O) groups is 1. The van der Waals surface area contributed by atoms with Crippen molar-refractivity contribution >= 4 is 23.1 Å². The topological polar surface area (TPSA) is 45.7 Å². The summed E-state index contributed by atoms with van der Waals surface area (Å²) in [5.41, 5.74) is 1.88. The van der Waals surface area contributed by atoms with Crippen LogP contribution in [-0.4, -0.2) is 48.1 Å². The molecule has 0 bridgehead atoms. The first-order valence-electron chi connectivity index (χ1n) is 8.91. The van der Waals surface area contributed by atoms with Gasteiger partial charge in [-0.3, -0.25) is 4.79 Å². The van der Waals surface area contributed by atoms with Gasteiger partial charge in [0.15, 0.2) is 11.6 Å². The Balaban J connectivity index is 1.43. The van der Waals surface area contributed by atoms with Gasteiger partial charge in [-0.25, -0.2) is 4.98 Å². The lowest BCUT2D eigenvalue weighted by molar-refractivity contribution is 0.0772. The summed E-state index contributed by atoms with van der Waals surface area (Å²) in [6.07, 6.45) is 5.14. The van der Waals surface area contributed by atoms with Gasteiger partial charge in [0.2, 0.25) is 0 Å². The maximum Gasteiger partial charge on any atom is 0.255 e. The Labute approximate surface area is 152 Å². The molecular formula is C19H23N3O2S. The number of amides is 1. The van der Waals surface area contributed by atoms with E-state index in [0.29, 0.717) is 6.54 Å². The van der Waals surface area contributed by atoms with E-state index in [-0.39, 0.29) is 12.0 Å². The van der Waals surface area contributed by atoms with Crippen molar-refractivity contribution in [3.63, 3.8) is 0 Å². The number of likely N-dealkylation sites (tertiary alicyclic amines) is 1. The number of nitrogens with zero attached hydrogens (tertiary/aromatic N) is 3. The van der Waals surface area contributed by atoms with Crippen LogP contribution in [0.25, 0.3) is 0 Å². The summed E-state index contributed by atoms with van der Waals surface area (Å²) >= 11 is 1.58. The molecule has 2 aromatic heterocycles. The van der Waals surface area contributed by atoms with Crippen LogP contribution < -0.4 is 9.64 Å². The monoisotopic (exact) mass is 357 g/mol. The Hall–Kier alpha value is -2.08. The lowest BCUT2D eigenvalue weighted by Gasteiger charge is -2.22. The number of anilines is 1.